The van der Waals surface area contributed by atoms with E-state index >= 15 is 0 Å². The molecule has 0 aromatic heterocycles. The highest BCUT2D eigenvalue weighted by Gasteiger charge is 2.27. The molecule has 1 aromatic rings. The first-order chi connectivity index (χ1) is 8.90. The van der Waals surface area contributed by atoms with Gasteiger partial charge in [-0.1, -0.05) is 13.0 Å². The Morgan fingerprint density at radius 3 is 2.75 bits per heavy atom. The van der Waals surface area contributed by atoms with Crippen molar-refractivity contribution in [3.63, 3.8) is 0 Å². The van der Waals surface area contributed by atoms with E-state index in [2.05, 4.69) is 10.0 Å². The molecule has 1 aromatic carbocycles. The lowest BCUT2D eigenvalue weighted by atomic mass is 9.96. The predicted octanol–water partition coefficient (Wildman–Crippen LogP) is 1.83. The van der Waals surface area contributed by atoms with Crippen molar-refractivity contribution in [3.05, 3.63) is 29.6 Å². The van der Waals surface area contributed by atoms with Gasteiger partial charge in [-0.25, -0.2) is 17.5 Å². The molecule has 2 atom stereocenters. The summed E-state index contributed by atoms with van der Waals surface area (Å²) in [5.41, 5.74) is 0.547. The fourth-order valence-corrected chi connectivity index (χ4v) is 3.87. The van der Waals surface area contributed by atoms with Gasteiger partial charge in [0.1, 0.15) is 5.82 Å². The Labute approximate surface area is 125 Å². The van der Waals surface area contributed by atoms with Crippen molar-refractivity contribution in [2.45, 2.75) is 31.2 Å². The van der Waals surface area contributed by atoms with Crippen molar-refractivity contribution in [2.24, 2.45) is 5.92 Å². The lowest BCUT2D eigenvalue weighted by molar-refractivity contribution is 0.327. The minimum absolute atomic E-state index is 0. The molecule has 4 nitrogen and oxygen atoms in total. The molecule has 1 aliphatic heterocycles. The zero-order chi connectivity index (χ0) is 14.0. The van der Waals surface area contributed by atoms with Crippen LogP contribution in [0.15, 0.2) is 23.1 Å². The van der Waals surface area contributed by atoms with Crippen LogP contribution in [0.25, 0.3) is 0 Å². The maximum absolute atomic E-state index is 13.2. The summed E-state index contributed by atoms with van der Waals surface area (Å²) in [5.74, 6) is -0.273. The van der Waals surface area contributed by atoms with Crippen LogP contribution in [0.3, 0.4) is 0 Å². The van der Waals surface area contributed by atoms with Gasteiger partial charge in [-0.2, -0.15) is 0 Å². The Balaban J connectivity index is 0.00000200. The minimum Gasteiger partial charge on any atom is -0.315 e. The zero-order valence-electron chi connectivity index (χ0n) is 11.5. The summed E-state index contributed by atoms with van der Waals surface area (Å²) in [6.45, 7) is 5.19. The predicted molar refractivity (Wildman–Crippen MR) is 79.1 cm³/mol. The standard InChI is InChI=1S/C13H19FN2O2S.ClH/c1-9-5-6-15-8-12(9)16-19(17,18)13-7-11(14)4-3-10(13)2;/h3-4,7,9,12,15-16H,5-6,8H2,1-2H3;1H. The molecular formula is C13H20ClFN2O2S. The van der Waals surface area contributed by atoms with E-state index in [-0.39, 0.29) is 29.3 Å². The molecule has 1 saturated heterocycles. The fourth-order valence-electron chi connectivity index (χ4n) is 2.27. The van der Waals surface area contributed by atoms with Crippen LogP contribution in [0.5, 0.6) is 0 Å². The molecule has 0 radical (unpaired) electrons. The summed E-state index contributed by atoms with van der Waals surface area (Å²) in [6.07, 6.45) is 0.926. The van der Waals surface area contributed by atoms with E-state index in [9.17, 15) is 12.8 Å². The summed E-state index contributed by atoms with van der Waals surface area (Å²) >= 11 is 0. The molecule has 20 heavy (non-hydrogen) atoms. The number of sulfonamides is 1. The van der Waals surface area contributed by atoms with Crippen molar-refractivity contribution in [2.75, 3.05) is 13.1 Å². The molecule has 2 unspecified atom stereocenters. The molecule has 1 fully saturated rings. The Bertz CT molecular complexity index is 565. The van der Waals surface area contributed by atoms with Crippen molar-refractivity contribution < 1.29 is 12.8 Å². The van der Waals surface area contributed by atoms with Crippen LogP contribution in [-0.2, 0) is 10.0 Å². The topological polar surface area (TPSA) is 58.2 Å². The van der Waals surface area contributed by atoms with Crippen LogP contribution in [0.2, 0.25) is 0 Å². The molecular weight excluding hydrogens is 303 g/mol. The summed E-state index contributed by atoms with van der Waals surface area (Å²) < 4.78 is 40.5. The molecule has 1 heterocycles. The van der Waals surface area contributed by atoms with Gasteiger partial charge >= 0.3 is 0 Å². The number of benzene rings is 1. The maximum atomic E-state index is 13.2. The SMILES string of the molecule is Cc1ccc(F)cc1S(=O)(=O)NC1CNCCC1C.Cl. The quantitative estimate of drug-likeness (QED) is 0.892. The van der Waals surface area contributed by atoms with E-state index in [1.54, 1.807) is 6.92 Å². The maximum Gasteiger partial charge on any atom is 0.241 e. The van der Waals surface area contributed by atoms with Crippen molar-refractivity contribution >= 4 is 22.4 Å². The van der Waals surface area contributed by atoms with Gasteiger partial charge in [-0.05, 0) is 43.5 Å². The smallest absolute Gasteiger partial charge is 0.241 e. The van der Waals surface area contributed by atoms with Gasteiger partial charge in [-0.3, -0.25) is 0 Å². The number of rotatable bonds is 3. The van der Waals surface area contributed by atoms with Gasteiger partial charge in [0, 0.05) is 12.6 Å². The normalized spacial score (nSPS) is 23.1. The van der Waals surface area contributed by atoms with E-state index in [0.29, 0.717) is 12.1 Å². The van der Waals surface area contributed by atoms with Crippen molar-refractivity contribution in [3.8, 4) is 0 Å². The third kappa shape index (κ3) is 3.91. The average Bonchev–Trinajstić information content (AvgIpc) is 2.35. The average molecular weight is 323 g/mol. The highest BCUT2D eigenvalue weighted by atomic mass is 35.5. The van der Waals surface area contributed by atoms with E-state index in [4.69, 9.17) is 0 Å². The highest BCUT2D eigenvalue weighted by Crippen LogP contribution is 2.19. The molecule has 0 bridgehead atoms. The van der Waals surface area contributed by atoms with Crippen LogP contribution in [0.1, 0.15) is 18.9 Å². The van der Waals surface area contributed by atoms with Crippen LogP contribution in [0, 0.1) is 18.7 Å². The van der Waals surface area contributed by atoms with Crippen LogP contribution < -0.4 is 10.0 Å². The Morgan fingerprint density at radius 1 is 1.40 bits per heavy atom. The van der Waals surface area contributed by atoms with Crippen LogP contribution >= 0.6 is 12.4 Å². The number of aryl methyl sites for hydroxylation is 1. The van der Waals surface area contributed by atoms with E-state index in [1.165, 1.54) is 12.1 Å². The number of hydrogen-bond acceptors (Lipinski definition) is 3. The van der Waals surface area contributed by atoms with E-state index in [1.807, 2.05) is 6.92 Å². The molecule has 114 valence electrons. The summed E-state index contributed by atoms with van der Waals surface area (Å²) in [5, 5.41) is 3.16. The lowest BCUT2D eigenvalue weighted by Crippen LogP contribution is -2.50. The zero-order valence-corrected chi connectivity index (χ0v) is 13.2. The largest absolute Gasteiger partial charge is 0.315 e. The molecule has 0 spiro atoms. The molecule has 7 heteroatoms. The van der Waals surface area contributed by atoms with E-state index in [0.717, 1.165) is 19.0 Å². The monoisotopic (exact) mass is 322 g/mol. The van der Waals surface area contributed by atoms with Gasteiger partial charge in [0.2, 0.25) is 10.0 Å². The molecule has 2 N–H and O–H groups in total. The molecule has 2 rings (SSSR count). The van der Waals surface area contributed by atoms with Crippen molar-refractivity contribution in [1.29, 1.82) is 0 Å². The van der Waals surface area contributed by atoms with Gasteiger partial charge < -0.3 is 5.32 Å². The number of halogens is 2. The fraction of sp³-hybridized carbons (Fsp3) is 0.538. The van der Waals surface area contributed by atoms with Gasteiger partial charge in [0.15, 0.2) is 0 Å². The van der Waals surface area contributed by atoms with Crippen LogP contribution in [-0.4, -0.2) is 27.5 Å². The molecule has 0 amide bonds. The summed E-state index contributed by atoms with van der Waals surface area (Å²) in [7, 11) is -3.68. The van der Waals surface area contributed by atoms with Crippen molar-refractivity contribution in [1.82, 2.24) is 10.0 Å². The second-order valence-electron chi connectivity index (χ2n) is 5.11. The second-order valence-corrected chi connectivity index (χ2v) is 6.79. The highest BCUT2D eigenvalue weighted by molar-refractivity contribution is 7.89. The second kappa shape index (κ2) is 6.85. The summed E-state index contributed by atoms with van der Waals surface area (Å²) in [6, 6.07) is 3.66. The Morgan fingerprint density at radius 2 is 2.10 bits per heavy atom. The van der Waals surface area contributed by atoms with E-state index < -0.39 is 15.8 Å². The first-order valence-electron chi connectivity index (χ1n) is 6.39. The summed E-state index contributed by atoms with van der Waals surface area (Å²) in [4.78, 5) is 0.0188. The van der Waals surface area contributed by atoms with Gasteiger partial charge in [-0.15, -0.1) is 12.4 Å². The number of nitrogens with one attached hydrogen (secondary N) is 2. The number of hydrogen-bond donors (Lipinski definition) is 2. The first kappa shape index (κ1) is 17.4. The minimum atomic E-state index is -3.68. The number of piperidine rings is 1. The van der Waals surface area contributed by atoms with Gasteiger partial charge in [0.05, 0.1) is 4.90 Å². The third-order valence-corrected chi connectivity index (χ3v) is 5.21. The van der Waals surface area contributed by atoms with Crippen LogP contribution in [0.4, 0.5) is 4.39 Å². The first-order valence-corrected chi connectivity index (χ1v) is 7.87. The lowest BCUT2D eigenvalue weighted by Gasteiger charge is -2.30. The molecule has 0 saturated carbocycles. The third-order valence-electron chi connectivity index (χ3n) is 3.57. The Kier molecular flexibility index (Phi) is 5.94. The molecule has 0 aliphatic carbocycles. The van der Waals surface area contributed by atoms with Gasteiger partial charge in [0.25, 0.3) is 0 Å². The Hall–Kier alpha value is -0.690. The molecule has 1 aliphatic rings.